The van der Waals surface area contributed by atoms with E-state index >= 15 is 4.39 Å². The summed E-state index contributed by atoms with van der Waals surface area (Å²) in [6, 6.07) is 12.3. The summed E-state index contributed by atoms with van der Waals surface area (Å²) < 4.78 is 43.6. The second kappa shape index (κ2) is 14.9. The van der Waals surface area contributed by atoms with Crippen molar-refractivity contribution in [3.05, 3.63) is 82.8 Å². The molecule has 0 radical (unpaired) electrons. The van der Waals surface area contributed by atoms with Gasteiger partial charge in [-0.05, 0) is 82.1 Å². The van der Waals surface area contributed by atoms with Crippen LogP contribution in [0.4, 0.5) is 33.5 Å². The zero-order valence-corrected chi connectivity index (χ0v) is 31.7. The number of piperidine rings is 1. The van der Waals surface area contributed by atoms with Crippen molar-refractivity contribution < 1.29 is 27.2 Å². The van der Waals surface area contributed by atoms with Crippen LogP contribution in [0.1, 0.15) is 60.7 Å². The average Bonchev–Trinajstić information content (AvgIpc) is 3.43. The van der Waals surface area contributed by atoms with Gasteiger partial charge < -0.3 is 20.4 Å². The lowest BCUT2D eigenvalue weighted by Crippen LogP contribution is -2.52. The van der Waals surface area contributed by atoms with Crippen LogP contribution in [0, 0.1) is 12.7 Å². The van der Waals surface area contributed by atoms with Crippen molar-refractivity contribution in [1.29, 1.82) is 0 Å². The molecule has 55 heavy (non-hydrogen) atoms. The Labute approximate surface area is 318 Å². The molecular formula is C37H42FN11O5S. The van der Waals surface area contributed by atoms with E-state index in [1.54, 1.807) is 57.3 Å². The van der Waals surface area contributed by atoms with Gasteiger partial charge in [0.2, 0.25) is 27.8 Å². The summed E-state index contributed by atoms with van der Waals surface area (Å²) >= 11 is 0. The molecule has 5 heterocycles. The number of fused-ring (bicyclic) bond motifs is 1. The number of carbonyl (C=O) groups is 3. The second-order valence-electron chi connectivity index (χ2n) is 14.9. The third kappa shape index (κ3) is 8.55. The number of imide groups is 1. The highest BCUT2D eigenvalue weighted by Crippen LogP contribution is 2.30. The van der Waals surface area contributed by atoms with E-state index in [0.29, 0.717) is 67.0 Å². The first-order valence-corrected chi connectivity index (χ1v) is 19.4. The molecule has 0 bridgehead atoms. The minimum atomic E-state index is -3.73. The summed E-state index contributed by atoms with van der Waals surface area (Å²) in [6.45, 7) is 10.3. The van der Waals surface area contributed by atoms with Gasteiger partial charge in [-0.15, -0.1) is 10.2 Å². The molecule has 7 rings (SSSR count). The van der Waals surface area contributed by atoms with Crippen LogP contribution < -0.4 is 25.6 Å². The number of piperazine rings is 1. The van der Waals surface area contributed by atoms with E-state index in [-0.39, 0.29) is 41.7 Å². The van der Waals surface area contributed by atoms with Gasteiger partial charge in [0.05, 0.1) is 4.90 Å². The fraction of sp³-hybridized carbons (Fsp3) is 0.378. The number of aromatic nitrogens is 4. The van der Waals surface area contributed by atoms with Gasteiger partial charge in [-0.1, -0.05) is 6.07 Å². The van der Waals surface area contributed by atoms with Crippen molar-refractivity contribution in [1.82, 2.24) is 40.0 Å². The van der Waals surface area contributed by atoms with Crippen molar-refractivity contribution in [2.45, 2.75) is 70.1 Å². The van der Waals surface area contributed by atoms with E-state index < -0.39 is 39.2 Å². The van der Waals surface area contributed by atoms with Crippen LogP contribution in [0.3, 0.4) is 0 Å². The Kier molecular flexibility index (Phi) is 10.2. The third-order valence-electron chi connectivity index (χ3n) is 9.49. The first-order valence-electron chi connectivity index (χ1n) is 17.9. The molecule has 3 aliphatic heterocycles. The fourth-order valence-electron chi connectivity index (χ4n) is 6.78. The van der Waals surface area contributed by atoms with Gasteiger partial charge in [0.1, 0.15) is 17.7 Å². The molecule has 4 N–H and O–H groups in total. The molecule has 4 aromatic rings. The van der Waals surface area contributed by atoms with Crippen LogP contribution in [0.5, 0.6) is 0 Å². The van der Waals surface area contributed by atoms with Crippen molar-refractivity contribution >= 4 is 56.8 Å². The van der Waals surface area contributed by atoms with Crippen LogP contribution >= 0.6 is 0 Å². The number of nitrogens with one attached hydrogen (secondary N) is 4. The second-order valence-corrected chi connectivity index (χ2v) is 16.6. The molecule has 0 saturated carbocycles. The van der Waals surface area contributed by atoms with Gasteiger partial charge in [-0.25, -0.2) is 22.5 Å². The third-order valence-corrected chi connectivity index (χ3v) is 11.2. The summed E-state index contributed by atoms with van der Waals surface area (Å²) in [4.78, 5) is 51.7. The zero-order chi connectivity index (χ0) is 39.1. The number of anilines is 5. The van der Waals surface area contributed by atoms with Gasteiger partial charge in [0.15, 0.2) is 11.6 Å². The van der Waals surface area contributed by atoms with Crippen LogP contribution in [0.15, 0.2) is 59.6 Å². The number of aryl methyl sites for hydroxylation is 1. The van der Waals surface area contributed by atoms with Crippen LogP contribution in [-0.4, -0.2) is 93.9 Å². The van der Waals surface area contributed by atoms with E-state index in [0.717, 1.165) is 5.56 Å². The molecule has 2 aromatic heterocycles. The summed E-state index contributed by atoms with van der Waals surface area (Å²) in [7, 11) is -3.73. The molecule has 2 fully saturated rings. The topological polar surface area (TPSA) is 195 Å². The normalized spacial score (nSPS) is 18.0. The predicted molar refractivity (Wildman–Crippen MR) is 202 cm³/mol. The summed E-state index contributed by atoms with van der Waals surface area (Å²) in [5.74, 6) is 0.147. The first-order chi connectivity index (χ1) is 26.1. The van der Waals surface area contributed by atoms with Crippen molar-refractivity contribution in [3.8, 4) is 0 Å². The maximum atomic E-state index is 15.3. The first kappa shape index (κ1) is 37.7. The molecule has 2 aromatic carbocycles. The Morgan fingerprint density at radius 2 is 1.76 bits per heavy atom. The highest BCUT2D eigenvalue weighted by Gasteiger charge is 2.39. The van der Waals surface area contributed by atoms with Crippen LogP contribution in [0.2, 0.25) is 0 Å². The number of halogens is 1. The number of rotatable bonds is 10. The fourth-order valence-corrected chi connectivity index (χ4v) is 8.24. The largest absolute Gasteiger partial charge is 0.353 e. The molecule has 1 unspecified atom stereocenters. The smallest absolute Gasteiger partial charge is 0.255 e. The van der Waals surface area contributed by atoms with E-state index in [9.17, 15) is 22.8 Å². The Morgan fingerprint density at radius 1 is 0.982 bits per heavy atom. The summed E-state index contributed by atoms with van der Waals surface area (Å²) in [5, 5.41) is 17.3. The van der Waals surface area contributed by atoms with E-state index in [1.165, 1.54) is 17.0 Å². The van der Waals surface area contributed by atoms with Crippen molar-refractivity contribution in [2.75, 3.05) is 41.7 Å². The Balaban J connectivity index is 0.935. The average molecular weight is 772 g/mol. The van der Waals surface area contributed by atoms with Crippen LogP contribution in [0.25, 0.3) is 0 Å². The lowest BCUT2D eigenvalue weighted by Gasteiger charge is -2.35. The molecule has 2 saturated heterocycles. The molecule has 288 valence electrons. The number of carbonyl (C=O) groups excluding carboxylic acids is 3. The highest BCUT2D eigenvalue weighted by molar-refractivity contribution is 7.89. The minimum absolute atomic E-state index is 0.127. The van der Waals surface area contributed by atoms with Crippen LogP contribution in [-0.2, 0) is 32.7 Å². The molecular weight excluding hydrogens is 730 g/mol. The van der Waals surface area contributed by atoms with E-state index in [1.807, 2.05) is 13.0 Å². The van der Waals surface area contributed by atoms with E-state index in [2.05, 4.69) is 50.6 Å². The van der Waals surface area contributed by atoms with Gasteiger partial charge in [-0.3, -0.25) is 24.6 Å². The standard InChI is InChI=1S/C37H42FN11O5S/c1-22-19-39-36(43-33(22)40-25-6-5-7-26(17-25)55(53,54)46-37(2,3)4)41-30-9-10-31(45-44-30)48-14-12-47(13-15-48)20-24-16-23-21-49(35(52)27(23)18-28(24)38)29-8-11-32(50)42-34(29)51/h5-7,9-10,16-19,29,46H,8,11-15,20-21H2,1-4H3,(H,42,50,51)(H2,39,40,41,43,44). The lowest BCUT2D eigenvalue weighted by molar-refractivity contribution is -0.136. The van der Waals surface area contributed by atoms with Crippen molar-refractivity contribution in [2.24, 2.45) is 0 Å². The van der Waals surface area contributed by atoms with Gasteiger partial charge >= 0.3 is 0 Å². The molecule has 3 amide bonds. The number of hydrogen-bond acceptors (Lipinski definition) is 13. The minimum Gasteiger partial charge on any atom is -0.353 e. The quantitative estimate of drug-likeness (QED) is 0.172. The Morgan fingerprint density at radius 3 is 2.47 bits per heavy atom. The SMILES string of the molecule is Cc1cnc(Nc2ccc(N3CCN(Cc4cc5c(cc4F)C(=O)N(C4CCC(=O)NC4=O)C5)CC3)nn2)nc1Nc1cccc(S(=O)(=O)NC(C)(C)C)c1. The number of hydrogen-bond donors (Lipinski definition) is 4. The number of amides is 3. The molecule has 0 spiro atoms. The maximum absolute atomic E-state index is 15.3. The van der Waals surface area contributed by atoms with Crippen molar-refractivity contribution in [3.63, 3.8) is 0 Å². The highest BCUT2D eigenvalue weighted by atomic mass is 32.2. The molecule has 3 aliphatic rings. The molecule has 1 atom stereocenters. The number of nitrogens with zero attached hydrogens (tertiary/aromatic N) is 7. The maximum Gasteiger partial charge on any atom is 0.255 e. The van der Waals surface area contributed by atoms with Gasteiger partial charge in [-0.2, -0.15) is 4.98 Å². The Hall–Kier alpha value is -5.59. The monoisotopic (exact) mass is 771 g/mol. The lowest BCUT2D eigenvalue weighted by atomic mass is 10.0. The van der Waals surface area contributed by atoms with Gasteiger partial charge in [0, 0.05) is 79.8 Å². The number of sulfonamides is 1. The summed E-state index contributed by atoms with van der Waals surface area (Å²) in [5.41, 5.74) is 2.06. The molecule has 18 heteroatoms. The van der Waals surface area contributed by atoms with E-state index in [4.69, 9.17) is 0 Å². The molecule has 0 aliphatic carbocycles. The zero-order valence-electron chi connectivity index (χ0n) is 30.9. The number of benzene rings is 2. The Bertz CT molecular complexity index is 2260. The predicted octanol–water partition coefficient (Wildman–Crippen LogP) is 3.36. The molecule has 16 nitrogen and oxygen atoms in total. The van der Waals surface area contributed by atoms with Gasteiger partial charge in [0.25, 0.3) is 5.91 Å². The summed E-state index contributed by atoms with van der Waals surface area (Å²) in [6.07, 6.45) is 2.05.